The normalized spacial score (nSPS) is 13.3. The lowest BCUT2D eigenvalue weighted by Crippen LogP contribution is -2.25. The largest absolute Gasteiger partial charge is 0.493 e. The fraction of sp³-hybridized carbons (Fsp3) is 0.542. The van der Waals surface area contributed by atoms with Crippen molar-refractivity contribution in [2.24, 2.45) is 0 Å². The van der Waals surface area contributed by atoms with Gasteiger partial charge in [0.05, 0.1) is 12.2 Å². The van der Waals surface area contributed by atoms with Crippen LogP contribution >= 0.6 is 0 Å². The Balaban J connectivity index is 1.81. The lowest BCUT2D eigenvalue weighted by atomic mass is 9.89. The third-order valence-electron chi connectivity index (χ3n) is 4.99. The Morgan fingerprint density at radius 2 is 1.63 bits per heavy atom. The fourth-order valence-corrected chi connectivity index (χ4v) is 3.45. The number of hydrogen-bond acceptors (Lipinski definition) is 3. The SMILES string of the molecule is CCCCCCCCCCOc1ccccc1C(C)(O)Cc1cccnc1. The van der Waals surface area contributed by atoms with Crippen molar-refractivity contribution in [2.45, 2.75) is 77.2 Å². The number of hydrogen-bond donors (Lipinski definition) is 1. The van der Waals surface area contributed by atoms with Crippen LogP contribution in [-0.2, 0) is 12.0 Å². The summed E-state index contributed by atoms with van der Waals surface area (Å²) in [6.45, 7) is 4.80. The van der Waals surface area contributed by atoms with Gasteiger partial charge in [-0.2, -0.15) is 0 Å². The van der Waals surface area contributed by atoms with Crippen LogP contribution in [0.2, 0.25) is 0 Å². The van der Waals surface area contributed by atoms with Crippen LogP contribution in [0.4, 0.5) is 0 Å². The number of benzene rings is 1. The summed E-state index contributed by atoms with van der Waals surface area (Å²) >= 11 is 0. The van der Waals surface area contributed by atoms with Crippen molar-refractivity contribution in [2.75, 3.05) is 6.61 Å². The van der Waals surface area contributed by atoms with Crippen molar-refractivity contribution < 1.29 is 9.84 Å². The number of unbranched alkanes of at least 4 members (excludes halogenated alkanes) is 7. The standard InChI is InChI=1S/C24H35NO2/c1-3-4-5-6-7-8-9-12-18-27-23-16-11-10-15-22(23)24(2,26)19-21-14-13-17-25-20-21/h10-11,13-17,20,26H,3-9,12,18-19H2,1-2H3. The Hall–Kier alpha value is -1.87. The maximum atomic E-state index is 11.1. The molecule has 1 aromatic carbocycles. The first-order valence-electron chi connectivity index (χ1n) is 10.5. The molecule has 1 atom stereocenters. The van der Waals surface area contributed by atoms with Crippen molar-refractivity contribution in [1.82, 2.24) is 4.98 Å². The average Bonchev–Trinajstić information content (AvgIpc) is 2.67. The van der Waals surface area contributed by atoms with Crippen LogP contribution in [-0.4, -0.2) is 16.7 Å². The van der Waals surface area contributed by atoms with Gasteiger partial charge in [-0.25, -0.2) is 0 Å². The summed E-state index contributed by atoms with van der Waals surface area (Å²) in [5.41, 5.74) is 0.868. The molecule has 27 heavy (non-hydrogen) atoms. The highest BCUT2D eigenvalue weighted by molar-refractivity contribution is 5.38. The maximum absolute atomic E-state index is 11.1. The van der Waals surface area contributed by atoms with E-state index in [0.717, 1.165) is 23.3 Å². The Labute approximate surface area is 164 Å². The summed E-state index contributed by atoms with van der Waals surface area (Å²) in [6, 6.07) is 11.7. The number of aromatic nitrogens is 1. The van der Waals surface area contributed by atoms with Crippen LogP contribution in [0.15, 0.2) is 48.8 Å². The maximum Gasteiger partial charge on any atom is 0.125 e. The second kappa shape index (κ2) is 11.8. The van der Waals surface area contributed by atoms with E-state index in [1.807, 2.05) is 43.3 Å². The Kier molecular flexibility index (Phi) is 9.34. The number of aliphatic hydroxyl groups is 1. The third kappa shape index (κ3) is 7.72. The monoisotopic (exact) mass is 369 g/mol. The molecule has 0 saturated carbocycles. The van der Waals surface area contributed by atoms with Crippen LogP contribution < -0.4 is 4.74 Å². The molecule has 3 nitrogen and oxygen atoms in total. The van der Waals surface area contributed by atoms with E-state index in [9.17, 15) is 5.11 Å². The molecule has 3 heteroatoms. The van der Waals surface area contributed by atoms with Gasteiger partial charge in [0.1, 0.15) is 5.75 Å². The molecule has 0 fully saturated rings. The smallest absolute Gasteiger partial charge is 0.125 e. The van der Waals surface area contributed by atoms with Gasteiger partial charge in [-0.15, -0.1) is 0 Å². The van der Waals surface area contributed by atoms with Crippen molar-refractivity contribution in [3.63, 3.8) is 0 Å². The van der Waals surface area contributed by atoms with E-state index in [2.05, 4.69) is 11.9 Å². The molecule has 0 bridgehead atoms. The summed E-state index contributed by atoms with van der Waals surface area (Å²) in [7, 11) is 0. The van der Waals surface area contributed by atoms with Crippen molar-refractivity contribution in [3.8, 4) is 5.75 Å². The minimum atomic E-state index is -0.987. The van der Waals surface area contributed by atoms with Gasteiger partial charge in [-0.3, -0.25) is 4.98 Å². The van der Waals surface area contributed by atoms with Gasteiger partial charge in [-0.05, 0) is 31.0 Å². The molecule has 1 heterocycles. The molecule has 2 rings (SSSR count). The molecule has 0 radical (unpaired) electrons. The first-order chi connectivity index (χ1) is 13.1. The van der Waals surface area contributed by atoms with Gasteiger partial charge in [0.2, 0.25) is 0 Å². The second-order valence-corrected chi connectivity index (χ2v) is 7.63. The summed E-state index contributed by atoms with van der Waals surface area (Å²) in [6.07, 6.45) is 14.3. The minimum absolute atomic E-state index is 0.513. The van der Waals surface area contributed by atoms with Gasteiger partial charge in [0.25, 0.3) is 0 Å². The van der Waals surface area contributed by atoms with E-state index in [0.29, 0.717) is 13.0 Å². The van der Waals surface area contributed by atoms with Crippen LogP contribution in [0.5, 0.6) is 5.75 Å². The highest BCUT2D eigenvalue weighted by Gasteiger charge is 2.27. The predicted molar refractivity (Wildman–Crippen MR) is 112 cm³/mol. The lowest BCUT2D eigenvalue weighted by Gasteiger charge is -2.26. The molecule has 1 aromatic heterocycles. The van der Waals surface area contributed by atoms with Crippen LogP contribution in [0.1, 0.15) is 76.3 Å². The third-order valence-corrected chi connectivity index (χ3v) is 4.99. The van der Waals surface area contributed by atoms with Crippen molar-refractivity contribution in [1.29, 1.82) is 0 Å². The van der Waals surface area contributed by atoms with E-state index < -0.39 is 5.60 Å². The first kappa shape index (κ1) is 21.4. The van der Waals surface area contributed by atoms with Crippen molar-refractivity contribution >= 4 is 0 Å². The summed E-state index contributed by atoms with van der Waals surface area (Å²) in [4.78, 5) is 4.14. The van der Waals surface area contributed by atoms with Gasteiger partial charge < -0.3 is 9.84 Å². The Bertz CT molecular complexity index is 640. The molecule has 0 aliphatic carbocycles. The molecule has 0 aliphatic heterocycles. The zero-order valence-corrected chi connectivity index (χ0v) is 17.0. The first-order valence-corrected chi connectivity index (χ1v) is 10.5. The quantitative estimate of drug-likeness (QED) is 0.437. The number of rotatable bonds is 13. The van der Waals surface area contributed by atoms with E-state index in [1.165, 1.54) is 44.9 Å². The second-order valence-electron chi connectivity index (χ2n) is 7.63. The van der Waals surface area contributed by atoms with Crippen molar-refractivity contribution in [3.05, 3.63) is 59.9 Å². The van der Waals surface area contributed by atoms with Gasteiger partial charge in [0, 0.05) is 24.4 Å². The molecule has 1 N–H and O–H groups in total. The Morgan fingerprint density at radius 3 is 2.33 bits per heavy atom. The summed E-state index contributed by atoms with van der Waals surface area (Å²) in [5, 5.41) is 11.1. The summed E-state index contributed by atoms with van der Waals surface area (Å²) < 4.78 is 6.03. The molecule has 0 saturated heterocycles. The zero-order chi connectivity index (χ0) is 19.4. The predicted octanol–water partition coefficient (Wildman–Crippen LogP) is 6.05. The van der Waals surface area contributed by atoms with Gasteiger partial charge in [-0.1, -0.05) is 76.1 Å². The fourth-order valence-electron chi connectivity index (χ4n) is 3.45. The molecule has 0 amide bonds. The van der Waals surface area contributed by atoms with Crippen LogP contribution in [0, 0.1) is 0 Å². The minimum Gasteiger partial charge on any atom is -0.493 e. The van der Waals surface area contributed by atoms with Gasteiger partial charge >= 0.3 is 0 Å². The number of pyridine rings is 1. The number of ether oxygens (including phenoxy) is 1. The zero-order valence-electron chi connectivity index (χ0n) is 17.0. The van der Waals surface area contributed by atoms with E-state index in [-0.39, 0.29) is 0 Å². The van der Waals surface area contributed by atoms with Gasteiger partial charge in [0.15, 0.2) is 0 Å². The molecule has 1 unspecified atom stereocenters. The van der Waals surface area contributed by atoms with Crippen LogP contribution in [0.3, 0.4) is 0 Å². The highest BCUT2D eigenvalue weighted by Crippen LogP contribution is 2.32. The molecular weight excluding hydrogens is 334 g/mol. The number of nitrogens with zero attached hydrogens (tertiary/aromatic N) is 1. The topological polar surface area (TPSA) is 42.4 Å². The van der Waals surface area contributed by atoms with Crippen LogP contribution in [0.25, 0.3) is 0 Å². The molecule has 2 aromatic rings. The highest BCUT2D eigenvalue weighted by atomic mass is 16.5. The lowest BCUT2D eigenvalue weighted by molar-refractivity contribution is 0.0540. The average molecular weight is 370 g/mol. The summed E-state index contributed by atoms with van der Waals surface area (Å²) in [5.74, 6) is 0.786. The van der Waals surface area contributed by atoms with E-state index >= 15 is 0 Å². The van der Waals surface area contributed by atoms with E-state index in [1.54, 1.807) is 12.4 Å². The molecular formula is C24H35NO2. The molecule has 0 aliphatic rings. The number of para-hydroxylation sites is 1. The van der Waals surface area contributed by atoms with E-state index in [4.69, 9.17) is 4.74 Å². The Morgan fingerprint density at radius 1 is 0.926 bits per heavy atom. The molecule has 148 valence electrons. The molecule has 0 spiro atoms.